The topological polar surface area (TPSA) is 87.1 Å². The first kappa shape index (κ1) is 24.9. The Hall–Kier alpha value is -4.26. The number of carbonyl (C=O) groups is 1. The normalized spacial score (nSPS) is 11.6. The van der Waals surface area contributed by atoms with Gasteiger partial charge < -0.3 is 14.2 Å². The van der Waals surface area contributed by atoms with Gasteiger partial charge in [-0.05, 0) is 43.2 Å². The van der Waals surface area contributed by atoms with E-state index < -0.39 is 12.0 Å². The van der Waals surface area contributed by atoms with Crippen molar-refractivity contribution >= 4 is 16.8 Å². The number of aryl methyl sites for hydroxylation is 1. The number of fused-ring (bicyclic) bond motifs is 1. The van der Waals surface area contributed by atoms with E-state index in [0.29, 0.717) is 23.9 Å². The van der Waals surface area contributed by atoms with Gasteiger partial charge in [0.05, 0.1) is 11.2 Å². The van der Waals surface area contributed by atoms with Crippen molar-refractivity contribution < 1.29 is 19.0 Å². The minimum atomic E-state index is -0.972. The van der Waals surface area contributed by atoms with E-state index in [1.165, 1.54) is 6.92 Å². The SMILES string of the molecule is CCCc1cccc(COc2cccc(OCc3ccc4ccccc4n3)c2)c1OC(C)C(=O)N=O. The Labute approximate surface area is 210 Å². The van der Waals surface area contributed by atoms with Crippen LogP contribution in [0.3, 0.4) is 0 Å². The van der Waals surface area contributed by atoms with Crippen molar-refractivity contribution in [3.63, 3.8) is 0 Å². The zero-order chi connectivity index (χ0) is 25.3. The van der Waals surface area contributed by atoms with Gasteiger partial charge >= 0.3 is 5.91 Å². The zero-order valence-corrected chi connectivity index (χ0v) is 20.3. The molecule has 184 valence electrons. The van der Waals surface area contributed by atoms with Gasteiger partial charge in [-0.2, -0.15) is 0 Å². The zero-order valence-electron chi connectivity index (χ0n) is 20.3. The number of hydrogen-bond donors (Lipinski definition) is 0. The molecule has 7 heteroatoms. The number of rotatable bonds is 11. The smallest absolute Gasteiger partial charge is 0.326 e. The summed E-state index contributed by atoms with van der Waals surface area (Å²) >= 11 is 0. The molecule has 0 aliphatic rings. The van der Waals surface area contributed by atoms with Crippen LogP contribution in [0.2, 0.25) is 0 Å². The Morgan fingerprint density at radius 2 is 1.61 bits per heavy atom. The standard InChI is InChI=1S/C29H28N2O5/c1-3-8-22-10-6-11-23(28(22)36-20(2)29(32)31-33)18-34-25-12-7-13-26(17-25)35-19-24-16-15-21-9-4-5-14-27(21)30-24/h4-7,9-17,20H,3,8,18-19H2,1-2H3. The summed E-state index contributed by atoms with van der Waals surface area (Å²) in [5, 5.41) is 3.57. The summed E-state index contributed by atoms with van der Waals surface area (Å²) < 4.78 is 17.9. The second-order valence-corrected chi connectivity index (χ2v) is 8.39. The molecule has 1 aromatic heterocycles. The minimum Gasteiger partial charge on any atom is -0.489 e. The van der Waals surface area contributed by atoms with E-state index in [9.17, 15) is 9.70 Å². The first-order valence-electron chi connectivity index (χ1n) is 11.9. The molecule has 0 fully saturated rings. The molecular formula is C29H28N2O5. The Kier molecular flexibility index (Phi) is 8.24. The molecule has 0 radical (unpaired) electrons. The van der Waals surface area contributed by atoms with Gasteiger partial charge in [0.1, 0.15) is 30.5 Å². The second kappa shape index (κ2) is 11.9. The molecule has 3 aromatic carbocycles. The molecule has 4 aromatic rings. The van der Waals surface area contributed by atoms with Crippen molar-refractivity contribution in [3.8, 4) is 17.2 Å². The van der Waals surface area contributed by atoms with E-state index in [-0.39, 0.29) is 6.61 Å². The molecule has 0 bridgehead atoms. The van der Waals surface area contributed by atoms with Crippen LogP contribution >= 0.6 is 0 Å². The van der Waals surface area contributed by atoms with E-state index in [1.54, 1.807) is 0 Å². The first-order valence-corrected chi connectivity index (χ1v) is 11.9. The Morgan fingerprint density at radius 1 is 0.889 bits per heavy atom. The molecule has 1 amide bonds. The number of nitroso groups, excluding NO2 is 1. The predicted octanol–water partition coefficient (Wildman–Crippen LogP) is 6.41. The monoisotopic (exact) mass is 484 g/mol. The van der Waals surface area contributed by atoms with Gasteiger partial charge in [-0.1, -0.05) is 61.9 Å². The molecule has 4 rings (SSSR count). The average Bonchev–Trinajstić information content (AvgIpc) is 2.91. The van der Waals surface area contributed by atoms with Gasteiger partial charge in [-0.25, -0.2) is 4.98 Å². The van der Waals surface area contributed by atoms with E-state index in [4.69, 9.17) is 14.2 Å². The molecular weight excluding hydrogens is 456 g/mol. The quantitative estimate of drug-likeness (QED) is 0.229. The van der Waals surface area contributed by atoms with Crippen LogP contribution in [0.15, 0.2) is 84.0 Å². The maximum absolute atomic E-state index is 11.7. The molecule has 0 spiro atoms. The van der Waals surface area contributed by atoms with Crippen molar-refractivity contribution in [2.24, 2.45) is 5.18 Å². The summed E-state index contributed by atoms with van der Waals surface area (Å²) in [4.78, 5) is 27.0. The number of carbonyl (C=O) groups excluding carboxylic acids is 1. The van der Waals surface area contributed by atoms with E-state index in [0.717, 1.165) is 40.6 Å². The van der Waals surface area contributed by atoms with Crippen molar-refractivity contribution in [3.05, 3.63) is 101 Å². The van der Waals surface area contributed by atoms with Crippen LogP contribution in [0.1, 0.15) is 37.1 Å². The lowest BCUT2D eigenvalue weighted by atomic mass is 10.0. The lowest BCUT2D eigenvalue weighted by molar-refractivity contribution is -0.123. The highest BCUT2D eigenvalue weighted by Crippen LogP contribution is 2.29. The van der Waals surface area contributed by atoms with Gasteiger partial charge in [0.15, 0.2) is 6.10 Å². The third kappa shape index (κ3) is 6.24. The number of ether oxygens (including phenoxy) is 3. The molecule has 1 unspecified atom stereocenters. The molecule has 0 saturated carbocycles. The highest BCUT2D eigenvalue weighted by molar-refractivity contribution is 5.81. The highest BCUT2D eigenvalue weighted by atomic mass is 16.5. The summed E-state index contributed by atoms with van der Waals surface area (Å²) in [5.74, 6) is 0.997. The van der Waals surface area contributed by atoms with Crippen LogP contribution in [0.4, 0.5) is 0 Å². The van der Waals surface area contributed by atoms with Crippen LogP contribution in [-0.2, 0) is 24.4 Å². The number of benzene rings is 3. The number of pyridine rings is 1. The molecule has 0 aliphatic heterocycles. The molecule has 0 aliphatic carbocycles. The van der Waals surface area contributed by atoms with E-state index in [1.807, 2.05) is 78.9 Å². The van der Waals surface area contributed by atoms with Crippen molar-refractivity contribution in [1.82, 2.24) is 4.98 Å². The van der Waals surface area contributed by atoms with Crippen LogP contribution in [0.25, 0.3) is 10.9 Å². The molecule has 36 heavy (non-hydrogen) atoms. The fourth-order valence-corrected chi connectivity index (χ4v) is 3.83. The number of para-hydroxylation sites is 2. The summed E-state index contributed by atoms with van der Waals surface area (Å²) in [6.45, 7) is 4.13. The summed E-state index contributed by atoms with van der Waals surface area (Å²) in [6.07, 6.45) is 0.699. The predicted molar refractivity (Wildman–Crippen MR) is 138 cm³/mol. The average molecular weight is 485 g/mol. The minimum absolute atomic E-state index is 0.220. The Morgan fingerprint density at radius 3 is 2.39 bits per heavy atom. The second-order valence-electron chi connectivity index (χ2n) is 8.39. The third-order valence-electron chi connectivity index (χ3n) is 5.67. The van der Waals surface area contributed by atoms with Crippen molar-refractivity contribution in [2.75, 3.05) is 0 Å². The van der Waals surface area contributed by atoms with Gasteiger partial charge in [-0.3, -0.25) is 4.79 Å². The van der Waals surface area contributed by atoms with E-state index >= 15 is 0 Å². The van der Waals surface area contributed by atoms with Gasteiger partial charge in [-0.15, -0.1) is 4.91 Å². The fourth-order valence-electron chi connectivity index (χ4n) is 3.83. The largest absolute Gasteiger partial charge is 0.489 e. The lowest BCUT2D eigenvalue weighted by Crippen LogP contribution is -2.23. The van der Waals surface area contributed by atoms with Gasteiger partial charge in [0.2, 0.25) is 0 Å². The number of aromatic nitrogens is 1. The van der Waals surface area contributed by atoms with Gasteiger partial charge in [0, 0.05) is 22.2 Å². The van der Waals surface area contributed by atoms with Crippen LogP contribution < -0.4 is 14.2 Å². The van der Waals surface area contributed by atoms with Crippen molar-refractivity contribution in [2.45, 2.75) is 46.0 Å². The fraction of sp³-hybridized carbons (Fsp3) is 0.241. The molecule has 1 heterocycles. The highest BCUT2D eigenvalue weighted by Gasteiger charge is 2.19. The number of hydrogen-bond acceptors (Lipinski definition) is 6. The summed E-state index contributed by atoms with van der Waals surface area (Å²) in [5.41, 5.74) is 3.49. The Balaban J connectivity index is 1.44. The molecule has 0 saturated heterocycles. The first-order chi connectivity index (χ1) is 17.6. The molecule has 0 N–H and O–H groups in total. The third-order valence-corrected chi connectivity index (χ3v) is 5.67. The number of amides is 1. The summed E-state index contributed by atoms with van der Waals surface area (Å²) in [7, 11) is 0. The van der Waals surface area contributed by atoms with Crippen LogP contribution in [0, 0.1) is 4.91 Å². The molecule has 7 nitrogen and oxygen atoms in total. The maximum Gasteiger partial charge on any atom is 0.326 e. The van der Waals surface area contributed by atoms with Crippen LogP contribution in [-0.4, -0.2) is 17.0 Å². The lowest BCUT2D eigenvalue weighted by Gasteiger charge is -2.18. The van der Waals surface area contributed by atoms with Crippen LogP contribution in [0.5, 0.6) is 17.2 Å². The van der Waals surface area contributed by atoms with Crippen molar-refractivity contribution in [1.29, 1.82) is 0 Å². The Bertz CT molecular complexity index is 1350. The summed E-state index contributed by atoms with van der Waals surface area (Å²) in [6, 6.07) is 25.1. The maximum atomic E-state index is 11.7. The molecule has 1 atom stereocenters. The van der Waals surface area contributed by atoms with E-state index in [2.05, 4.69) is 17.1 Å². The van der Waals surface area contributed by atoms with Gasteiger partial charge in [0.25, 0.3) is 0 Å². The number of nitrogens with zero attached hydrogens (tertiary/aromatic N) is 2.